The Morgan fingerprint density at radius 1 is 1.09 bits per heavy atom. The highest BCUT2D eigenvalue weighted by atomic mass is 19.4. The van der Waals surface area contributed by atoms with Crippen molar-refractivity contribution in [2.75, 3.05) is 13.1 Å². The number of carbonyl (C=O) groups is 2. The van der Waals surface area contributed by atoms with Crippen molar-refractivity contribution >= 4 is 11.8 Å². The van der Waals surface area contributed by atoms with Gasteiger partial charge in [-0.05, 0) is 38.1 Å². The highest BCUT2D eigenvalue weighted by Gasteiger charge is 2.30. The van der Waals surface area contributed by atoms with Crippen molar-refractivity contribution in [2.45, 2.75) is 25.6 Å². The van der Waals surface area contributed by atoms with E-state index in [4.69, 9.17) is 5.73 Å². The lowest BCUT2D eigenvalue weighted by Gasteiger charge is -2.18. The maximum absolute atomic E-state index is 12.4. The molecule has 0 atom stereocenters. The molecule has 0 aliphatic rings. The SMILES string of the molecule is CC(C)(N)CNC(=O)CNC(=O)c1ccc(C(F)(F)F)cc1. The first-order chi connectivity index (χ1) is 9.99. The molecule has 2 amide bonds. The first kappa shape index (κ1) is 18.0. The van der Waals surface area contributed by atoms with E-state index in [9.17, 15) is 22.8 Å². The molecule has 0 heterocycles. The Morgan fingerprint density at radius 3 is 2.09 bits per heavy atom. The molecule has 0 aliphatic heterocycles. The Hall–Kier alpha value is -2.09. The maximum atomic E-state index is 12.4. The van der Waals surface area contributed by atoms with Crippen LogP contribution in [0.3, 0.4) is 0 Å². The number of amides is 2. The van der Waals surface area contributed by atoms with Crippen LogP contribution in [0.5, 0.6) is 0 Å². The minimum absolute atomic E-state index is 0.0416. The second kappa shape index (κ2) is 6.78. The number of halogens is 3. The van der Waals surface area contributed by atoms with Crippen LogP contribution in [0.1, 0.15) is 29.8 Å². The molecule has 0 aliphatic carbocycles. The predicted molar refractivity (Wildman–Crippen MR) is 75.1 cm³/mol. The van der Waals surface area contributed by atoms with Crippen LogP contribution >= 0.6 is 0 Å². The molecule has 0 saturated carbocycles. The Labute approximate surface area is 126 Å². The zero-order valence-electron chi connectivity index (χ0n) is 12.3. The summed E-state index contributed by atoms with van der Waals surface area (Å²) in [6.45, 7) is 3.42. The van der Waals surface area contributed by atoms with Crippen molar-refractivity contribution in [3.63, 3.8) is 0 Å². The minimum Gasteiger partial charge on any atom is -0.353 e. The monoisotopic (exact) mass is 317 g/mol. The Morgan fingerprint density at radius 2 is 1.64 bits per heavy atom. The van der Waals surface area contributed by atoms with Gasteiger partial charge in [0.05, 0.1) is 12.1 Å². The molecule has 8 heteroatoms. The van der Waals surface area contributed by atoms with Crippen molar-refractivity contribution in [3.8, 4) is 0 Å². The lowest BCUT2D eigenvalue weighted by atomic mass is 10.1. The summed E-state index contributed by atoms with van der Waals surface area (Å²) in [6.07, 6.45) is -4.45. The Bertz CT molecular complexity index is 534. The van der Waals surface area contributed by atoms with Gasteiger partial charge in [-0.2, -0.15) is 13.2 Å². The molecular formula is C14H18F3N3O2. The van der Waals surface area contributed by atoms with Gasteiger partial charge < -0.3 is 16.4 Å². The Kier molecular flexibility index (Phi) is 5.54. The van der Waals surface area contributed by atoms with Crippen LogP contribution in [0.4, 0.5) is 13.2 Å². The molecule has 0 radical (unpaired) electrons. The van der Waals surface area contributed by atoms with E-state index in [0.29, 0.717) is 0 Å². The average Bonchev–Trinajstić information content (AvgIpc) is 2.41. The molecule has 0 unspecified atom stereocenters. The molecule has 1 rings (SSSR count). The van der Waals surface area contributed by atoms with Gasteiger partial charge in [0.1, 0.15) is 0 Å². The summed E-state index contributed by atoms with van der Waals surface area (Å²) < 4.78 is 37.2. The molecule has 0 aromatic heterocycles. The summed E-state index contributed by atoms with van der Waals surface area (Å²) in [5.74, 6) is -1.06. The van der Waals surface area contributed by atoms with Crippen molar-refractivity contribution in [3.05, 3.63) is 35.4 Å². The standard InChI is InChI=1S/C14H18F3N3O2/c1-13(2,18)8-20-11(21)7-19-12(22)9-3-5-10(6-4-9)14(15,16)17/h3-6H,7-8,18H2,1-2H3,(H,19,22)(H,20,21). The van der Waals surface area contributed by atoms with Gasteiger partial charge in [-0.25, -0.2) is 0 Å². The predicted octanol–water partition coefficient (Wildman–Crippen LogP) is 1.29. The van der Waals surface area contributed by atoms with Crippen LogP contribution in [0.2, 0.25) is 0 Å². The fourth-order valence-electron chi connectivity index (χ4n) is 1.46. The van der Waals surface area contributed by atoms with E-state index < -0.39 is 29.1 Å². The average molecular weight is 317 g/mol. The normalized spacial score (nSPS) is 11.9. The van der Waals surface area contributed by atoms with Gasteiger partial charge >= 0.3 is 6.18 Å². The summed E-state index contributed by atoms with van der Waals surface area (Å²) in [5.41, 5.74) is 4.31. The molecule has 4 N–H and O–H groups in total. The van der Waals surface area contributed by atoms with E-state index in [2.05, 4.69) is 10.6 Å². The number of benzene rings is 1. The molecule has 5 nitrogen and oxygen atoms in total. The largest absolute Gasteiger partial charge is 0.416 e. The van der Waals surface area contributed by atoms with Crippen molar-refractivity contribution < 1.29 is 22.8 Å². The first-order valence-electron chi connectivity index (χ1n) is 6.50. The van der Waals surface area contributed by atoms with Gasteiger partial charge in [0, 0.05) is 17.6 Å². The summed E-state index contributed by atoms with van der Waals surface area (Å²) in [4.78, 5) is 23.2. The summed E-state index contributed by atoms with van der Waals surface area (Å²) in [7, 11) is 0. The molecule has 0 saturated heterocycles. The van der Waals surface area contributed by atoms with E-state index in [-0.39, 0.29) is 18.7 Å². The quantitative estimate of drug-likeness (QED) is 0.765. The molecule has 22 heavy (non-hydrogen) atoms. The fraction of sp³-hybridized carbons (Fsp3) is 0.429. The summed E-state index contributed by atoms with van der Waals surface area (Å²) in [6, 6.07) is 3.73. The number of hydrogen-bond acceptors (Lipinski definition) is 3. The minimum atomic E-state index is -4.45. The van der Waals surface area contributed by atoms with Crippen molar-refractivity contribution in [2.24, 2.45) is 5.73 Å². The molecule has 0 bridgehead atoms. The fourth-order valence-corrected chi connectivity index (χ4v) is 1.46. The molecule has 0 fully saturated rings. The van der Waals surface area contributed by atoms with Gasteiger partial charge in [-0.3, -0.25) is 9.59 Å². The molecule has 1 aromatic rings. The van der Waals surface area contributed by atoms with Gasteiger partial charge in [0.15, 0.2) is 0 Å². The van der Waals surface area contributed by atoms with Crippen LogP contribution in [0, 0.1) is 0 Å². The number of alkyl halides is 3. The van der Waals surface area contributed by atoms with Crippen LogP contribution in [0.15, 0.2) is 24.3 Å². The maximum Gasteiger partial charge on any atom is 0.416 e. The zero-order valence-corrected chi connectivity index (χ0v) is 12.3. The number of nitrogens with one attached hydrogen (secondary N) is 2. The number of nitrogens with two attached hydrogens (primary N) is 1. The van der Waals surface area contributed by atoms with Gasteiger partial charge in [0.2, 0.25) is 5.91 Å². The van der Waals surface area contributed by atoms with Crippen LogP contribution in [0.25, 0.3) is 0 Å². The molecule has 1 aromatic carbocycles. The second-order valence-electron chi connectivity index (χ2n) is 5.52. The lowest BCUT2D eigenvalue weighted by molar-refractivity contribution is -0.137. The van der Waals surface area contributed by atoms with Crippen molar-refractivity contribution in [1.82, 2.24) is 10.6 Å². The third-order valence-corrected chi connectivity index (χ3v) is 2.63. The topological polar surface area (TPSA) is 84.2 Å². The molecule has 122 valence electrons. The second-order valence-corrected chi connectivity index (χ2v) is 5.52. The Balaban J connectivity index is 2.51. The van der Waals surface area contributed by atoms with E-state index in [1.807, 2.05) is 0 Å². The lowest BCUT2D eigenvalue weighted by Crippen LogP contribution is -2.47. The summed E-state index contributed by atoms with van der Waals surface area (Å²) in [5, 5.41) is 4.85. The van der Waals surface area contributed by atoms with Crippen LogP contribution in [-0.4, -0.2) is 30.4 Å². The van der Waals surface area contributed by atoms with E-state index in [1.165, 1.54) is 0 Å². The first-order valence-corrected chi connectivity index (χ1v) is 6.50. The molecular weight excluding hydrogens is 299 g/mol. The number of carbonyl (C=O) groups excluding carboxylic acids is 2. The summed E-state index contributed by atoms with van der Waals surface area (Å²) >= 11 is 0. The number of rotatable bonds is 5. The molecule has 0 spiro atoms. The van der Waals surface area contributed by atoms with Crippen LogP contribution in [-0.2, 0) is 11.0 Å². The van der Waals surface area contributed by atoms with E-state index >= 15 is 0 Å². The smallest absolute Gasteiger partial charge is 0.353 e. The highest BCUT2D eigenvalue weighted by molar-refractivity contribution is 5.96. The van der Waals surface area contributed by atoms with Gasteiger partial charge in [-0.15, -0.1) is 0 Å². The van der Waals surface area contributed by atoms with E-state index in [0.717, 1.165) is 24.3 Å². The third-order valence-electron chi connectivity index (χ3n) is 2.63. The van der Waals surface area contributed by atoms with Gasteiger partial charge in [0.25, 0.3) is 5.91 Å². The van der Waals surface area contributed by atoms with E-state index in [1.54, 1.807) is 13.8 Å². The highest BCUT2D eigenvalue weighted by Crippen LogP contribution is 2.28. The van der Waals surface area contributed by atoms with Crippen molar-refractivity contribution in [1.29, 1.82) is 0 Å². The van der Waals surface area contributed by atoms with Gasteiger partial charge in [-0.1, -0.05) is 0 Å². The third kappa shape index (κ3) is 6.13. The zero-order chi connectivity index (χ0) is 17.0. The van der Waals surface area contributed by atoms with Crippen LogP contribution < -0.4 is 16.4 Å². The number of hydrogen-bond donors (Lipinski definition) is 3.